The predicted octanol–water partition coefficient (Wildman–Crippen LogP) is 1.50. The molecule has 3 rings (SSSR count). The van der Waals surface area contributed by atoms with Crippen LogP contribution in [0.1, 0.15) is 10.5 Å². The van der Waals surface area contributed by atoms with Crippen LogP contribution in [0.25, 0.3) is 10.9 Å². The molecule has 2 heterocycles. The van der Waals surface area contributed by atoms with Crippen molar-refractivity contribution < 1.29 is 4.79 Å². The van der Waals surface area contributed by atoms with Crippen LogP contribution in [0.4, 0.5) is 5.69 Å². The molecule has 1 aromatic carbocycles. The molecule has 3 aromatic rings. The number of nitrogens with zero attached hydrogens (tertiary/aromatic N) is 1. The van der Waals surface area contributed by atoms with Crippen LogP contribution in [0.5, 0.6) is 0 Å². The molecule has 3 N–H and O–H groups in total. The molecule has 6 heteroatoms. The van der Waals surface area contributed by atoms with E-state index in [2.05, 4.69) is 20.5 Å². The normalized spacial score (nSPS) is 10.5. The van der Waals surface area contributed by atoms with Crippen molar-refractivity contribution in [1.82, 2.24) is 15.2 Å². The molecule has 0 radical (unpaired) electrons. The molecule has 1 amide bonds. The Morgan fingerprint density at radius 3 is 2.84 bits per heavy atom. The molecule has 0 aliphatic heterocycles. The van der Waals surface area contributed by atoms with Gasteiger partial charge in [-0.25, -0.2) is 5.10 Å². The second kappa shape index (κ2) is 4.41. The minimum absolute atomic E-state index is 0.159. The number of nitrogens with one attached hydrogen (secondary N) is 3. The molecule has 19 heavy (non-hydrogen) atoms. The number of fused-ring (bicyclic) bond motifs is 1. The summed E-state index contributed by atoms with van der Waals surface area (Å²) in [6.07, 6.45) is 1.83. The van der Waals surface area contributed by atoms with E-state index in [4.69, 9.17) is 0 Å². The van der Waals surface area contributed by atoms with Crippen molar-refractivity contribution in [3.8, 4) is 0 Å². The minimum atomic E-state index is -0.373. The van der Waals surface area contributed by atoms with E-state index in [9.17, 15) is 9.59 Å². The molecule has 0 aliphatic carbocycles. The first-order chi connectivity index (χ1) is 9.22. The number of anilines is 1. The van der Waals surface area contributed by atoms with E-state index in [1.165, 1.54) is 12.1 Å². The standard InChI is InChI=1S/C13H10N4O2/c18-12-4-3-10(16-17-12)13(19)15-9-2-1-8-5-6-14-11(8)7-9/h1-7,14H,(H,15,19)(H,17,18). The Kier molecular flexibility index (Phi) is 2.60. The Labute approximate surface area is 107 Å². The van der Waals surface area contributed by atoms with Crippen LogP contribution in [0.15, 0.2) is 47.4 Å². The van der Waals surface area contributed by atoms with Gasteiger partial charge in [0.15, 0.2) is 0 Å². The number of amides is 1. The summed E-state index contributed by atoms with van der Waals surface area (Å²) in [7, 11) is 0. The van der Waals surface area contributed by atoms with E-state index >= 15 is 0 Å². The third kappa shape index (κ3) is 2.23. The highest BCUT2D eigenvalue weighted by Gasteiger charge is 2.08. The molecule has 0 saturated carbocycles. The third-order valence-electron chi connectivity index (χ3n) is 2.72. The predicted molar refractivity (Wildman–Crippen MR) is 71.1 cm³/mol. The first-order valence-electron chi connectivity index (χ1n) is 5.66. The van der Waals surface area contributed by atoms with Gasteiger partial charge in [-0.3, -0.25) is 9.59 Å². The molecule has 0 aliphatic rings. The SMILES string of the molecule is O=C(Nc1ccc2cc[nH]c2c1)c1ccc(=O)[nH]n1. The second-order valence-corrected chi connectivity index (χ2v) is 4.04. The number of aromatic nitrogens is 3. The summed E-state index contributed by atoms with van der Waals surface area (Å²) >= 11 is 0. The van der Waals surface area contributed by atoms with Gasteiger partial charge in [0.25, 0.3) is 11.5 Å². The van der Waals surface area contributed by atoms with E-state index in [-0.39, 0.29) is 17.2 Å². The number of aromatic amines is 2. The van der Waals surface area contributed by atoms with Crippen molar-refractivity contribution in [3.63, 3.8) is 0 Å². The number of H-pyrrole nitrogens is 2. The lowest BCUT2D eigenvalue weighted by Crippen LogP contribution is -2.17. The zero-order valence-corrected chi connectivity index (χ0v) is 9.81. The smallest absolute Gasteiger partial charge is 0.276 e. The van der Waals surface area contributed by atoms with Crippen molar-refractivity contribution in [2.75, 3.05) is 5.32 Å². The lowest BCUT2D eigenvalue weighted by molar-refractivity contribution is 0.102. The molecule has 0 spiro atoms. The van der Waals surface area contributed by atoms with Crippen LogP contribution in [-0.4, -0.2) is 21.1 Å². The van der Waals surface area contributed by atoms with Gasteiger partial charge in [0, 0.05) is 23.5 Å². The molecule has 0 fully saturated rings. The van der Waals surface area contributed by atoms with Gasteiger partial charge in [-0.05, 0) is 29.7 Å². The first kappa shape index (κ1) is 11.2. The summed E-state index contributed by atoms with van der Waals surface area (Å²) in [6, 6.07) is 10.1. The quantitative estimate of drug-likeness (QED) is 0.647. The Bertz CT molecular complexity index is 783. The summed E-state index contributed by atoms with van der Waals surface area (Å²) in [5, 5.41) is 9.67. The molecule has 0 saturated heterocycles. The number of carbonyl (C=O) groups is 1. The maximum Gasteiger partial charge on any atom is 0.276 e. The Morgan fingerprint density at radius 2 is 2.05 bits per heavy atom. The zero-order valence-electron chi connectivity index (χ0n) is 9.81. The van der Waals surface area contributed by atoms with E-state index in [1.807, 2.05) is 24.4 Å². The lowest BCUT2D eigenvalue weighted by atomic mass is 10.2. The summed E-state index contributed by atoms with van der Waals surface area (Å²) in [5.74, 6) is -0.373. The summed E-state index contributed by atoms with van der Waals surface area (Å²) in [6.45, 7) is 0. The fourth-order valence-electron chi connectivity index (χ4n) is 1.79. The van der Waals surface area contributed by atoms with Crippen LogP contribution in [0, 0.1) is 0 Å². The highest BCUT2D eigenvalue weighted by molar-refractivity contribution is 6.03. The monoisotopic (exact) mass is 254 g/mol. The fourth-order valence-corrected chi connectivity index (χ4v) is 1.79. The minimum Gasteiger partial charge on any atom is -0.361 e. The van der Waals surface area contributed by atoms with Gasteiger partial charge in [0.1, 0.15) is 5.69 Å². The van der Waals surface area contributed by atoms with Gasteiger partial charge in [-0.15, -0.1) is 0 Å². The topological polar surface area (TPSA) is 90.6 Å². The lowest BCUT2D eigenvalue weighted by Gasteiger charge is -2.04. The van der Waals surface area contributed by atoms with Crippen LogP contribution in [-0.2, 0) is 0 Å². The number of hydrogen-bond acceptors (Lipinski definition) is 3. The van der Waals surface area contributed by atoms with Crippen molar-refractivity contribution in [3.05, 3.63) is 58.6 Å². The molecule has 2 aromatic heterocycles. The Balaban J connectivity index is 1.85. The van der Waals surface area contributed by atoms with Gasteiger partial charge < -0.3 is 10.3 Å². The van der Waals surface area contributed by atoms with E-state index in [0.717, 1.165) is 10.9 Å². The molecular formula is C13H10N4O2. The second-order valence-electron chi connectivity index (χ2n) is 4.04. The molecule has 0 atom stereocenters. The van der Waals surface area contributed by atoms with Crippen molar-refractivity contribution in [2.24, 2.45) is 0 Å². The van der Waals surface area contributed by atoms with Gasteiger partial charge in [-0.1, -0.05) is 6.07 Å². The highest BCUT2D eigenvalue weighted by atomic mass is 16.2. The average Bonchev–Trinajstić information content (AvgIpc) is 2.87. The van der Waals surface area contributed by atoms with Gasteiger partial charge in [0.2, 0.25) is 0 Å². The summed E-state index contributed by atoms with van der Waals surface area (Å²) in [4.78, 5) is 25.8. The van der Waals surface area contributed by atoms with E-state index < -0.39 is 0 Å². The molecule has 6 nitrogen and oxygen atoms in total. The molecule has 0 unspecified atom stereocenters. The van der Waals surface area contributed by atoms with Crippen molar-refractivity contribution in [2.45, 2.75) is 0 Å². The maximum atomic E-state index is 11.9. The molecular weight excluding hydrogens is 244 g/mol. The summed E-state index contributed by atoms with van der Waals surface area (Å²) < 4.78 is 0. The van der Waals surface area contributed by atoms with E-state index in [0.29, 0.717) is 5.69 Å². The van der Waals surface area contributed by atoms with Crippen LogP contribution < -0.4 is 10.9 Å². The Hall–Kier alpha value is -2.89. The van der Waals surface area contributed by atoms with Gasteiger partial charge >= 0.3 is 0 Å². The summed E-state index contributed by atoms with van der Waals surface area (Å²) in [5.41, 5.74) is 1.41. The largest absolute Gasteiger partial charge is 0.361 e. The zero-order chi connectivity index (χ0) is 13.2. The number of rotatable bonds is 2. The number of hydrogen-bond donors (Lipinski definition) is 3. The van der Waals surface area contributed by atoms with Gasteiger partial charge in [0.05, 0.1) is 0 Å². The first-order valence-corrected chi connectivity index (χ1v) is 5.66. The number of benzene rings is 1. The highest BCUT2D eigenvalue weighted by Crippen LogP contribution is 2.17. The van der Waals surface area contributed by atoms with Crippen molar-refractivity contribution >= 4 is 22.5 Å². The van der Waals surface area contributed by atoms with Gasteiger partial charge in [-0.2, -0.15) is 5.10 Å². The van der Waals surface area contributed by atoms with Crippen LogP contribution in [0.2, 0.25) is 0 Å². The Morgan fingerprint density at radius 1 is 1.16 bits per heavy atom. The van der Waals surface area contributed by atoms with Crippen LogP contribution in [0.3, 0.4) is 0 Å². The third-order valence-corrected chi connectivity index (χ3v) is 2.72. The maximum absolute atomic E-state index is 11.9. The van der Waals surface area contributed by atoms with Crippen molar-refractivity contribution in [1.29, 1.82) is 0 Å². The fraction of sp³-hybridized carbons (Fsp3) is 0. The molecule has 94 valence electrons. The van der Waals surface area contributed by atoms with E-state index in [1.54, 1.807) is 6.07 Å². The number of carbonyl (C=O) groups excluding carboxylic acids is 1. The molecule has 0 bridgehead atoms. The average molecular weight is 254 g/mol. The van der Waals surface area contributed by atoms with Crippen LogP contribution >= 0.6 is 0 Å².